The zero-order valence-electron chi connectivity index (χ0n) is 11.9. The molecule has 0 radical (unpaired) electrons. The molecule has 0 bridgehead atoms. The molecule has 0 saturated heterocycles. The van der Waals surface area contributed by atoms with Crippen LogP contribution in [0.5, 0.6) is 11.5 Å². The molecule has 1 aliphatic rings. The topological polar surface area (TPSA) is 56.8 Å². The fourth-order valence-corrected chi connectivity index (χ4v) is 2.05. The monoisotopic (exact) mass is 279 g/mol. The summed E-state index contributed by atoms with van der Waals surface area (Å²) in [6.07, 6.45) is 0.301. The quantitative estimate of drug-likeness (QED) is 0.804. The van der Waals surface area contributed by atoms with E-state index in [1.165, 1.54) is 0 Å². The van der Waals surface area contributed by atoms with E-state index in [1.54, 1.807) is 6.92 Å². The first kappa shape index (κ1) is 14.7. The summed E-state index contributed by atoms with van der Waals surface area (Å²) in [4.78, 5) is 11.2. The molecule has 1 N–H and O–H groups in total. The van der Waals surface area contributed by atoms with Crippen LogP contribution in [-0.4, -0.2) is 37.9 Å². The summed E-state index contributed by atoms with van der Waals surface area (Å²) in [5.41, 5.74) is 0. The first-order chi connectivity index (χ1) is 9.70. The fraction of sp³-hybridized carbons (Fsp3) is 0.533. The zero-order valence-corrected chi connectivity index (χ0v) is 11.9. The molecular formula is C15H21NO4. The van der Waals surface area contributed by atoms with Gasteiger partial charge in [-0.1, -0.05) is 12.1 Å². The molecule has 0 unspecified atom stereocenters. The van der Waals surface area contributed by atoms with E-state index in [-0.39, 0.29) is 18.1 Å². The van der Waals surface area contributed by atoms with E-state index in [0.29, 0.717) is 26.2 Å². The molecule has 2 atom stereocenters. The number of ether oxygens (including phenoxy) is 3. The summed E-state index contributed by atoms with van der Waals surface area (Å²) < 4.78 is 16.4. The van der Waals surface area contributed by atoms with E-state index >= 15 is 0 Å². The van der Waals surface area contributed by atoms with Gasteiger partial charge in [0, 0.05) is 12.6 Å². The molecule has 0 fully saturated rings. The van der Waals surface area contributed by atoms with Crippen LogP contribution in [-0.2, 0) is 9.53 Å². The van der Waals surface area contributed by atoms with Crippen LogP contribution in [0.3, 0.4) is 0 Å². The summed E-state index contributed by atoms with van der Waals surface area (Å²) >= 11 is 0. The maximum Gasteiger partial charge on any atom is 0.307 e. The fourth-order valence-electron chi connectivity index (χ4n) is 2.05. The van der Waals surface area contributed by atoms with E-state index in [4.69, 9.17) is 14.2 Å². The van der Waals surface area contributed by atoms with Gasteiger partial charge in [-0.2, -0.15) is 0 Å². The van der Waals surface area contributed by atoms with Crippen LogP contribution in [0, 0.1) is 0 Å². The second kappa shape index (κ2) is 7.14. The van der Waals surface area contributed by atoms with Gasteiger partial charge in [0.05, 0.1) is 13.0 Å². The van der Waals surface area contributed by atoms with Gasteiger partial charge < -0.3 is 19.5 Å². The molecule has 5 heteroatoms. The van der Waals surface area contributed by atoms with Crippen molar-refractivity contribution in [3.05, 3.63) is 24.3 Å². The summed E-state index contributed by atoms with van der Waals surface area (Å²) in [6, 6.07) is 7.72. The first-order valence-electron chi connectivity index (χ1n) is 6.98. The van der Waals surface area contributed by atoms with Gasteiger partial charge in [0.15, 0.2) is 11.5 Å². The van der Waals surface area contributed by atoms with Crippen LogP contribution in [0.25, 0.3) is 0 Å². The summed E-state index contributed by atoms with van der Waals surface area (Å²) in [5.74, 6) is 1.36. The Morgan fingerprint density at radius 1 is 1.45 bits per heavy atom. The number of hydrogen-bond donors (Lipinski definition) is 1. The lowest BCUT2D eigenvalue weighted by Crippen LogP contribution is -2.46. The highest BCUT2D eigenvalue weighted by atomic mass is 16.6. The highest BCUT2D eigenvalue weighted by Gasteiger charge is 2.25. The maximum absolute atomic E-state index is 11.2. The molecule has 0 spiro atoms. The summed E-state index contributed by atoms with van der Waals surface area (Å²) in [6.45, 7) is 5.32. The van der Waals surface area contributed by atoms with Gasteiger partial charge in [0.1, 0.15) is 12.7 Å². The average molecular weight is 279 g/mol. The smallest absolute Gasteiger partial charge is 0.307 e. The SMILES string of the molecule is CCOC(=O)CCN[C@H](C)[C@@H]1COc2ccccc2O1. The van der Waals surface area contributed by atoms with Crippen LogP contribution >= 0.6 is 0 Å². The molecule has 0 aliphatic carbocycles. The maximum atomic E-state index is 11.2. The predicted molar refractivity (Wildman–Crippen MR) is 75.1 cm³/mol. The number of fused-ring (bicyclic) bond motifs is 1. The van der Waals surface area contributed by atoms with Gasteiger partial charge in [-0.3, -0.25) is 4.79 Å². The highest BCUT2D eigenvalue weighted by Crippen LogP contribution is 2.31. The number of nitrogens with one attached hydrogen (secondary N) is 1. The predicted octanol–water partition coefficient (Wildman–Crippen LogP) is 1.76. The Labute approximate surface area is 119 Å². The molecule has 1 aromatic rings. The van der Waals surface area contributed by atoms with Gasteiger partial charge in [-0.25, -0.2) is 0 Å². The number of para-hydroxylation sites is 2. The molecule has 1 aromatic carbocycles. The lowest BCUT2D eigenvalue weighted by atomic mass is 10.1. The standard InChI is InChI=1S/C15H21NO4/c1-3-18-15(17)8-9-16-11(2)14-10-19-12-6-4-5-7-13(12)20-14/h4-7,11,14,16H,3,8-10H2,1-2H3/t11-,14+/m1/s1. The second-order valence-electron chi connectivity index (χ2n) is 4.71. The third-order valence-electron chi connectivity index (χ3n) is 3.19. The minimum absolute atomic E-state index is 0.0629. The minimum atomic E-state index is -0.182. The first-order valence-corrected chi connectivity index (χ1v) is 6.98. The van der Waals surface area contributed by atoms with E-state index in [2.05, 4.69) is 5.32 Å². The lowest BCUT2D eigenvalue weighted by Gasteiger charge is -2.30. The van der Waals surface area contributed by atoms with Crippen molar-refractivity contribution in [1.29, 1.82) is 0 Å². The van der Waals surface area contributed by atoms with Gasteiger partial charge in [0.2, 0.25) is 0 Å². The van der Waals surface area contributed by atoms with Crippen LogP contribution in [0.1, 0.15) is 20.3 Å². The number of carbonyl (C=O) groups excluding carboxylic acids is 1. The number of benzene rings is 1. The Kier molecular flexibility index (Phi) is 5.24. The molecule has 5 nitrogen and oxygen atoms in total. The van der Waals surface area contributed by atoms with Crippen LogP contribution < -0.4 is 14.8 Å². The van der Waals surface area contributed by atoms with Crippen molar-refractivity contribution in [3.8, 4) is 11.5 Å². The largest absolute Gasteiger partial charge is 0.486 e. The summed E-state index contributed by atoms with van der Waals surface area (Å²) in [7, 11) is 0. The molecule has 2 rings (SSSR count). The van der Waals surface area contributed by atoms with Crippen molar-refractivity contribution in [2.75, 3.05) is 19.8 Å². The Morgan fingerprint density at radius 2 is 2.20 bits per heavy atom. The molecular weight excluding hydrogens is 258 g/mol. The molecule has 0 aromatic heterocycles. The number of carbonyl (C=O) groups is 1. The van der Waals surface area contributed by atoms with Gasteiger partial charge in [-0.15, -0.1) is 0 Å². The number of esters is 1. The Hall–Kier alpha value is -1.75. The van der Waals surface area contributed by atoms with Crippen molar-refractivity contribution in [2.24, 2.45) is 0 Å². The van der Waals surface area contributed by atoms with Gasteiger partial charge in [0.25, 0.3) is 0 Å². The molecule has 0 saturated carbocycles. The molecule has 20 heavy (non-hydrogen) atoms. The Balaban J connectivity index is 1.77. The molecule has 1 aliphatic heterocycles. The Morgan fingerprint density at radius 3 is 2.95 bits per heavy atom. The van der Waals surface area contributed by atoms with E-state index in [0.717, 1.165) is 11.5 Å². The van der Waals surface area contributed by atoms with E-state index in [9.17, 15) is 4.79 Å². The van der Waals surface area contributed by atoms with Crippen molar-refractivity contribution >= 4 is 5.97 Å². The molecule has 1 heterocycles. The number of rotatable bonds is 6. The van der Waals surface area contributed by atoms with Crippen molar-refractivity contribution in [2.45, 2.75) is 32.4 Å². The molecule has 110 valence electrons. The van der Waals surface area contributed by atoms with Crippen molar-refractivity contribution in [1.82, 2.24) is 5.32 Å². The highest BCUT2D eigenvalue weighted by molar-refractivity contribution is 5.69. The average Bonchev–Trinajstić information content (AvgIpc) is 2.47. The third kappa shape index (κ3) is 3.87. The van der Waals surface area contributed by atoms with Crippen LogP contribution in [0.4, 0.5) is 0 Å². The number of hydrogen-bond acceptors (Lipinski definition) is 5. The minimum Gasteiger partial charge on any atom is -0.486 e. The van der Waals surface area contributed by atoms with Gasteiger partial charge in [-0.05, 0) is 26.0 Å². The van der Waals surface area contributed by atoms with E-state index < -0.39 is 0 Å². The lowest BCUT2D eigenvalue weighted by molar-refractivity contribution is -0.143. The molecule has 0 amide bonds. The third-order valence-corrected chi connectivity index (χ3v) is 3.19. The van der Waals surface area contributed by atoms with E-state index in [1.807, 2.05) is 31.2 Å². The normalized spacial score (nSPS) is 18.4. The zero-order chi connectivity index (χ0) is 14.4. The van der Waals surface area contributed by atoms with Crippen molar-refractivity contribution < 1.29 is 19.0 Å². The van der Waals surface area contributed by atoms with Crippen LogP contribution in [0.15, 0.2) is 24.3 Å². The Bertz CT molecular complexity index is 449. The summed E-state index contributed by atoms with van der Waals surface area (Å²) in [5, 5.41) is 3.27. The van der Waals surface area contributed by atoms with Gasteiger partial charge >= 0.3 is 5.97 Å². The second-order valence-corrected chi connectivity index (χ2v) is 4.71. The van der Waals surface area contributed by atoms with Crippen molar-refractivity contribution in [3.63, 3.8) is 0 Å². The van der Waals surface area contributed by atoms with Crippen LogP contribution in [0.2, 0.25) is 0 Å².